The molecule has 2 N–H and O–H groups in total. The van der Waals surface area contributed by atoms with Gasteiger partial charge < -0.3 is 19.7 Å². The number of aromatic carboxylic acids is 2. The number of hydrogen-bond acceptors (Lipinski definition) is 10. The number of carbonyl (C=O) groups is 4. The number of methoxy groups -OCH3 is 2. The van der Waals surface area contributed by atoms with E-state index in [1.165, 1.54) is 37.4 Å². The third-order valence-corrected chi connectivity index (χ3v) is 8.49. The van der Waals surface area contributed by atoms with Gasteiger partial charge >= 0.3 is 23.3 Å². The van der Waals surface area contributed by atoms with Crippen molar-refractivity contribution in [1.29, 1.82) is 0 Å². The van der Waals surface area contributed by atoms with Gasteiger partial charge in [0.1, 0.15) is 5.56 Å². The highest BCUT2D eigenvalue weighted by atomic mass is 79.9. The smallest absolute Gasteiger partial charge is 0.339 e. The van der Waals surface area contributed by atoms with Gasteiger partial charge in [-0.15, -0.1) is 0 Å². The molecule has 0 aliphatic rings. The predicted octanol–water partition coefficient (Wildman–Crippen LogP) is 8.40. The van der Waals surface area contributed by atoms with E-state index in [0.717, 1.165) is 13.2 Å². The van der Waals surface area contributed by atoms with Crippen molar-refractivity contribution in [3.8, 4) is 33.8 Å². The van der Waals surface area contributed by atoms with Gasteiger partial charge in [-0.25, -0.2) is 9.59 Å². The first-order valence-corrected chi connectivity index (χ1v) is 16.6. The second-order valence-electron chi connectivity index (χ2n) is 9.72. The maximum atomic E-state index is 12.1. The van der Waals surface area contributed by atoms with Crippen LogP contribution in [0.15, 0.2) is 60.7 Å². The Bertz CT molecular complexity index is 2020. The summed E-state index contributed by atoms with van der Waals surface area (Å²) in [6.45, 7) is 0. The molecule has 0 amide bonds. The van der Waals surface area contributed by atoms with Crippen LogP contribution in [0.4, 0.5) is 11.4 Å². The number of carbonyl (C=O) groups excluding carboxylic acids is 2. The third-order valence-electron chi connectivity index (χ3n) is 6.88. The lowest BCUT2D eigenvalue weighted by molar-refractivity contribution is -0.385. The number of hydrogen-bond donors (Lipinski definition) is 2. The van der Waals surface area contributed by atoms with Crippen LogP contribution in [0.25, 0.3) is 22.3 Å². The Morgan fingerprint density at radius 3 is 1.38 bits per heavy atom. The minimum atomic E-state index is -1.43. The number of rotatable bonds is 12. The molecule has 0 heterocycles. The SMILES string of the molecule is COc1c(C(=O)CBr)cc(Cl)c(-c2ccc(C(=O)CBr)cc2)c1[N+](=O)[O-].COc1c(C(=O)O)cc(Cl)c(-c2ccc(C(=O)O)cc2)c1[N+](=O)[O-]. The molecule has 4 rings (SSSR count). The molecule has 260 valence electrons. The number of alkyl halides is 2. The molecule has 4 aromatic rings. The lowest BCUT2D eigenvalue weighted by atomic mass is 9.97. The Hall–Kier alpha value is -4.90. The lowest BCUT2D eigenvalue weighted by Crippen LogP contribution is -2.07. The van der Waals surface area contributed by atoms with Crippen LogP contribution in [-0.2, 0) is 0 Å². The summed E-state index contributed by atoms with van der Waals surface area (Å²) in [5.74, 6) is -3.68. The van der Waals surface area contributed by atoms with Gasteiger partial charge in [-0.2, -0.15) is 0 Å². The van der Waals surface area contributed by atoms with Gasteiger partial charge in [-0.1, -0.05) is 91.5 Å². The average Bonchev–Trinajstić information content (AvgIpc) is 3.10. The summed E-state index contributed by atoms with van der Waals surface area (Å²) in [5, 5.41) is 41.2. The summed E-state index contributed by atoms with van der Waals surface area (Å²) < 4.78 is 10.1. The van der Waals surface area contributed by atoms with E-state index in [-0.39, 0.29) is 60.1 Å². The molecule has 0 atom stereocenters. The number of halogens is 4. The van der Waals surface area contributed by atoms with E-state index < -0.39 is 50.3 Å². The summed E-state index contributed by atoms with van der Waals surface area (Å²) in [6, 6.07) is 13.9. The first-order chi connectivity index (χ1) is 23.6. The Morgan fingerprint density at radius 2 is 1.04 bits per heavy atom. The van der Waals surface area contributed by atoms with Gasteiger partial charge in [0.2, 0.25) is 11.5 Å². The molecule has 0 saturated carbocycles. The topological polar surface area (TPSA) is 213 Å². The maximum Gasteiger partial charge on any atom is 0.339 e. The number of nitro groups is 2. The largest absolute Gasteiger partial charge is 0.490 e. The molecule has 0 fully saturated rings. The summed E-state index contributed by atoms with van der Waals surface area (Å²) in [7, 11) is 2.36. The van der Waals surface area contributed by atoms with Crippen LogP contribution >= 0.6 is 55.1 Å². The number of carboxylic acid groups (broad SMARTS) is 2. The van der Waals surface area contributed by atoms with E-state index in [0.29, 0.717) is 11.1 Å². The van der Waals surface area contributed by atoms with Crippen LogP contribution in [0.2, 0.25) is 10.0 Å². The van der Waals surface area contributed by atoms with Crippen molar-refractivity contribution in [1.82, 2.24) is 0 Å². The molecule has 0 aromatic heterocycles. The van der Waals surface area contributed by atoms with Crippen LogP contribution in [-0.4, -0.2) is 68.4 Å². The molecular weight excluding hydrogens is 835 g/mol. The molecule has 14 nitrogen and oxygen atoms in total. The van der Waals surface area contributed by atoms with Crippen molar-refractivity contribution in [2.75, 3.05) is 24.9 Å². The summed E-state index contributed by atoms with van der Waals surface area (Å²) in [6.07, 6.45) is 0. The van der Waals surface area contributed by atoms with Crippen LogP contribution < -0.4 is 9.47 Å². The molecule has 0 unspecified atom stereocenters. The second-order valence-corrected chi connectivity index (χ2v) is 11.7. The van der Waals surface area contributed by atoms with Gasteiger partial charge in [0.05, 0.1) is 67.0 Å². The number of ketones is 2. The van der Waals surface area contributed by atoms with Crippen LogP contribution in [0.3, 0.4) is 0 Å². The predicted molar refractivity (Wildman–Crippen MR) is 190 cm³/mol. The zero-order valence-corrected chi connectivity index (χ0v) is 30.3. The molecule has 18 heteroatoms. The van der Waals surface area contributed by atoms with E-state index in [4.69, 9.17) is 42.9 Å². The molecule has 0 saturated heterocycles. The second kappa shape index (κ2) is 17.2. The summed E-state index contributed by atoms with van der Waals surface area (Å²) in [4.78, 5) is 67.6. The standard InChI is InChI=1S/C17H12Br2ClNO5.C15H10ClNO7/c1-26-17-11(14(23)8-19)6-12(20)15(16(17)21(24)25)10-4-2-9(3-5-10)13(22)7-18;1-24-13-9(15(20)21)6-10(16)11(12(13)17(22)23)7-2-4-8(5-3-7)14(18)19/h2-6H,7-8H2,1H3;2-6H,1H3,(H,18,19)(H,20,21). The number of Topliss-reactive ketones (excluding diaryl/α,β-unsaturated/α-hetero) is 2. The third kappa shape index (κ3) is 8.45. The number of ether oxygens (including phenoxy) is 2. The van der Waals surface area contributed by atoms with Crippen molar-refractivity contribution in [2.24, 2.45) is 0 Å². The maximum absolute atomic E-state index is 12.1. The first kappa shape index (κ1) is 39.5. The summed E-state index contributed by atoms with van der Waals surface area (Å²) >= 11 is 18.5. The Morgan fingerprint density at radius 1 is 0.660 bits per heavy atom. The Balaban J connectivity index is 0.000000271. The lowest BCUT2D eigenvalue weighted by Gasteiger charge is -2.13. The number of nitro benzene ring substituents is 2. The van der Waals surface area contributed by atoms with Gasteiger partial charge in [-0.3, -0.25) is 29.8 Å². The van der Waals surface area contributed by atoms with Crippen LogP contribution in [0.1, 0.15) is 41.4 Å². The molecule has 4 aromatic carbocycles. The van der Waals surface area contributed by atoms with Crippen molar-refractivity contribution in [3.05, 3.63) is 113 Å². The van der Waals surface area contributed by atoms with Gasteiger partial charge in [-0.05, 0) is 35.4 Å². The first-order valence-electron chi connectivity index (χ1n) is 13.6. The van der Waals surface area contributed by atoms with E-state index in [2.05, 4.69) is 31.9 Å². The number of benzene rings is 4. The van der Waals surface area contributed by atoms with Gasteiger partial charge in [0, 0.05) is 5.56 Å². The Labute approximate surface area is 309 Å². The highest BCUT2D eigenvalue weighted by Gasteiger charge is 2.32. The fraction of sp³-hybridized carbons (Fsp3) is 0.125. The fourth-order valence-corrected chi connectivity index (χ4v) is 5.91. The van der Waals surface area contributed by atoms with Crippen LogP contribution in [0, 0.1) is 20.2 Å². The number of nitrogens with zero attached hydrogens (tertiary/aromatic N) is 2. The van der Waals surface area contributed by atoms with Crippen molar-refractivity contribution in [2.45, 2.75) is 0 Å². The van der Waals surface area contributed by atoms with Gasteiger partial charge in [0.25, 0.3) is 0 Å². The minimum absolute atomic E-state index is 0.00773. The normalized spacial score (nSPS) is 10.4. The van der Waals surface area contributed by atoms with E-state index in [9.17, 15) is 39.4 Å². The van der Waals surface area contributed by atoms with Gasteiger partial charge in [0.15, 0.2) is 11.6 Å². The monoisotopic (exact) mass is 854 g/mol. The number of carboxylic acids is 2. The zero-order valence-electron chi connectivity index (χ0n) is 25.6. The Kier molecular flexibility index (Phi) is 13.6. The average molecular weight is 857 g/mol. The van der Waals surface area contributed by atoms with Crippen molar-refractivity contribution in [3.63, 3.8) is 0 Å². The molecular formula is C32H22Br2Cl2N2O12. The van der Waals surface area contributed by atoms with E-state index in [1.807, 2.05) is 0 Å². The molecule has 0 radical (unpaired) electrons. The molecule has 50 heavy (non-hydrogen) atoms. The van der Waals surface area contributed by atoms with Crippen LogP contribution in [0.5, 0.6) is 11.5 Å². The fourth-order valence-electron chi connectivity index (χ4n) is 4.67. The molecule has 0 bridgehead atoms. The zero-order chi connectivity index (χ0) is 37.4. The summed E-state index contributed by atoms with van der Waals surface area (Å²) in [5.41, 5.74) is -0.215. The minimum Gasteiger partial charge on any atom is -0.490 e. The highest BCUT2D eigenvalue weighted by molar-refractivity contribution is 9.09. The molecule has 0 spiro atoms. The van der Waals surface area contributed by atoms with Crippen molar-refractivity contribution >= 4 is 89.9 Å². The highest BCUT2D eigenvalue weighted by Crippen LogP contribution is 2.46. The van der Waals surface area contributed by atoms with E-state index >= 15 is 0 Å². The molecule has 0 aliphatic heterocycles. The van der Waals surface area contributed by atoms with Crippen molar-refractivity contribution < 1.29 is 48.7 Å². The molecule has 0 aliphatic carbocycles. The quantitative estimate of drug-likeness (QED) is 0.0595. The van der Waals surface area contributed by atoms with E-state index in [1.54, 1.807) is 24.3 Å².